The van der Waals surface area contributed by atoms with Crippen LogP contribution in [0.1, 0.15) is 0 Å². The molecule has 0 rings (SSSR count). The Labute approximate surface area is 72.3 Å². The zero-order valence-corrected chi connectivity index (χ0v) is 8.15. The van der Waals surface area contributed by atoms with Crippen molar-refractivity contribution in [3.8, 4) is 0 Å². The molecular weight excluding hydrogens is 246 g/mol. The number of hydrogen-bond acceptors (Lipinski definition) is 1. The van der Waals surface area contributed by atoms with Gasteiger partial charge in [-0.25, -0.2) is 0 Å². The minimum Gasteiger partial charge on any atom is -0.329 e. The number of halogens is 2. The van der Waals surface area contributed by atoms with E-state index >= 15 is 0 Å². The summed E-state index contributed by atoms with van der Waals surface area (Å²) >= 11 is 6.61. The van der Waals surface area contributed by atoms with Crippen LogP contribution in [0.4, 0.5) is 0 Å². The van der Waals surface area contributed by atoms with Gasteiger partial charge in [0.2, 0.25) is 0 Å². The molecule has 1 unspecified atom stereocenters. The maximum Gasteiger partial charge on any atom is 0.0461 e. The highest BCUT2D eigenvalue weighted by Gasteiger charge is 1.94. The quantitative estimate of drug-likeness (QED) is 0.607. The minimum atomic E-state index is 0.241. The second kappa shape index (κ2) is 5.21. The Kier molecular flexibility index (Phi) is 5.44. The van der Waals surface area contributed by atoms with Crippen LogP contribution in [0.25, 0.3) is 0 Å². The molecule has 0 aliphatic heterocycles. The van der Waals surface area contributed by atoms with E-state index in [9.17, 15) is 0 Å². The maximum absolute atomic E-state index is 5.33. The van der Waals surface area contributed by atoms with Crippen LogP contribution in [0.15, 0.2) is 23.2 Å². The van der Waals surface area contributed by atoms with E-state index in [4.69, 9.17) is 5.73 Å². The van der Waals surface area contributed by atoms with E-state index in [1.54, 1.807) is 6.08 Å². The Hall–Kier alpha value is 0.400. The number of rotatable bonds is 3. The number of nitrogens with two attached hydrogens (primary N) is 1. The second-order valence-electron chi connectivity index (χ2n) is 1.51. The average molecular weight is 255 g/mol. The van der Waals surface area contributed by atoms with Crippen LogP contribution >= 0.6 is 31.9 Å². The lowest BCUT2D eigenvalue weighted by Gasteiger charge is -1.97. The van der Waals surface area contributed by atoms with Gasteiger partial charge in [0.1, 0.15) is 0 Å². The zero-order chi connectivity index (χ0) is 7.28. The van der Waals surface area contributed by atoms with Gasteiger partial charge in [-0.3, -0.25) is 0 Å². The summed E-state index contributed by atoms with van der Waals surface area (Å²) in [6, 6.07) is 0. The molecule has 0 saturated carbocycles. The van der Waals surface area contributed by atoms with Crippen molar-refractivity contribution >= 4 is 31.9 Å². The van der Waals surface area contributed by atoms with Crippen molar-refractivity contribution < 1.29 is 0 Å². The Bertz CT molecular complexity index is 120. The predicted octanol–water partition coefficient (Wildman–Crippen LogP) is 2.17. The standard InChI is InChI=1S/C6H9Br2N/c1-2-5(7)3-6(8)4-9/h2-3,6H,1,4,9H2/b5-3+. The average Bonchev–Trinajstić information content (AvgIpc) is 1.87. The smallest absolute Gasteiger partial charge is 0.0461 e. The van der Waals surface area contributed by atoms with Crippen molar-refractivity contribution in [2.45, 2.75) is 4.83 Å². The van der Waals surface area contributed by atoms with Gasteiger partial charge in [0.05, 0.1) is 0 Å². The van der Waals surface area contributed by atoms with Gasteiger partial charge in [0.15, 0.2) is 0 Å². The van der Waals surface area contributed by atoms with E-state index in [1.807, 2.05) is 6.08 Å². The third-order valence-electron chi connectivity index (χ3n) is 0.760. The number of hydrogen-bond donors (Lipinski definition) is 1. The monoisotopic (exact) mass is 253 g/mol. The highest BCUT2D eigenvalue weighted by atomic mass is 79.9. The number of allylic oxidation sites excluding steroid dienone is 2. The van der Waals surface area contributed by atoms with E-state index in [1.165, 1.54) is 0 Å². The lowest BCUT2D eigenvalue weighted by atomic mass is 10.4. The molecule has 1 nitrogen and oxygen atoms in total. The fourth-order valence-electron chi connectivity index (χ4n) is 0.309. The van der Waals surface area contributed by atoms with Crippen molar-refractivity contribution in [1.29, 1.82) is 0 Å². The van der Waals surface area contributed by atoms with Gasteiger partial charge >= 0.3 is 0 Å². The Balaban J connectivity index is 3.78. The second-order valence-corrected chi connectivity index (χ2v) is 3.60. The summed E-state index contributed by atoms with van der Waals surface area (Å²) in [5.41, 5.74) is 5.33. The van der Waals surface area contributed by atoms with Crippen LogP contribution in [-0.2, 0) is 0 Å². The lowest BCUT2D eigenvalue weighted by Crippen LogP contribution is -2.10. The maximum atomic E-state index is 5.33. The summed E-state index contributed by atoms with van der Waals surface area (Å²) < 4.78 is 0.967. The summed E-state index contributed by atoms with van der Waals surface area (Å²) in [6.45, 7) is 4.17. The molecular formula is C6H9Br2N. The summed E-state index contributed by atoms with van der Waals surface area (Å²) in [5.74, 6) is 0. The van der Waals surface area contributed by atoms with Crippen LogP contribution in [0.3, 0.4) is 0 Å². The first-order valence-corrected chi connectivity index (χ1v) is 4.25. The first kappa shape index (κ1) is 9.40. The van der Waals surface area contributed by atoms with Gasteiger partial charge in [-0.15, -0.1) is 0 Å². The van der Waals surface area contributed by atoms with Crippen molar-refractivity contribution in [3.63, 3.8) is 0 Å². The number of alkyl halides is 1. The van der Waals surface area contributed by atoms with E-state index < -0.39 is 0 Å². The largest absolute Gasteiger partial charge is 0.329 e. The summed E-state index contributed by atoms with van der Waals surface area (Å²) in [4.78, 5) is 0.241. The molecule has 0 aromatic rings. The first-order chi connectivity index (χ1) is 4.20. The van der Waals surface area contributed by atoms with E-state index in [0.29, 0.717) is 6.54 Å². The Morgan fingerprint density at radius 3 is 2.67 bits per heavy atom. The predicted molar refractivity (Wildman–Crippen MR) is 49.0 cm³/mol. The molecule has 0 fully saturated rings. The molecule has 0 bridgehead atoms. The lowest BCUT2D eigenvalue weighted by molar-refractivity contribution is 1.04. The summed E-state index contributed by atoms with van der Waals surface area (Å²) in [7, 11) is 0. The fourth-order valence-corrected chi connectivity index (χ4v) is 1.27. The fraction of sp³-hybridized carbons (Fsp3) is 0.333. The molecule has 0 saturated heterocycles. The van der Waals surface area contributed by atoms with Crippen molar-refractivity contribution in [2.75, 3.05) is 6.54 Å². The van der Waals surface area contributed by atoms with Crippen LogP contribution in [-0.4, -0.2) is 11.4 Å². The van der Waals surface area contributed by atoms with Crippen LogP contribution < -0.4 is 5.73 Å². The van der Waals surface area contributed by atoms with Crippen molar-refractivity contribution in [2.24, 2.45) is 5.73 Å². The van der Waals surface area contributed by atoms with Crippen LogP contribution in [0, 0.1) is 0 Å². The molecule has 0 spiro atoms. The summed E-state index contributed by atoms with van der Waals surface area (Å²) in [5, 5.41) is 0. The normalized spacial score (nSPS) is 15.2. The Morgan fingerprint density at radius 1 is 1.78 bits per heavy atom. The molecule has 0 aromatic carbocycles. The SMILES string of the molecule is C=C/C(Br)=C\C(Br)CN. The molecule has 2 N–H and O–H groups in total. The van der Waals surface area contributed by atoms with Crippen LogP contribution in [0.5, 0.6) is 0 Å². The molecule has 9 heavy (non-hydrogen) atoms. The topological polar surface area (TPSA) is 26.0 Å². The molecule has 0 aromatic heterocycles. The molecule has 0 aliphatic rings. The van der Waals surface area contributed by atoms with Gasteiger partial charge in [-0.05, 0) is 0 Å². The molecule has 0 aliphatic carbocycles. The zero-order valence-electron chi connectivity index (χ0n) is 4.98. The molecule has 3 heteroatoms. The molecule has 52 valence electrons. The highest BCUT2D eigenvalue weighted by molar-refractivity contribution is 9.12. The van der Waals surface area contributed by atoms with Crippen molar-refractivity contribution in [3.05, 3.63) is 23.2 Å². The van der Waals surface area contributed by atoms with Gasteiger partial charge < -0.3 is 5.73 Å². The van der Waals surface area contributed by atoms with Gasteiger partial charge in [-0.2, -0.15) is 0 Å². The molecule has 0 radical (unpaired) electrons. The van der Waals surface area contributed by atoms with E-state index in [2.05, 4.69) is 38.4 Å². The minimum absolute atomic E-state index is 0.241. The van der Waals surface area contributed by atoms with Gasteiger partial charge in [-0.1, -0.05) is 50.6 Å². The molecule has 0 amide bonds. The highest BCUT2D eigenvalue weighted by Crippen LogP contribution is 2.10. The van der Waals surface area contributed by atoms with E-state index in [-0.39, 0.29) is 4.83 Å². The van der Waals surface area contributed by atoms with Crippen molar-refractivity contribution in [1.82, 2.24) is 0 Å². The first-order valence-electron chi connectivity index (χ1n) is 2.54. The van der Waals surface area contributed by atoms with Gasteiger partial charge in [0, 0.05) is 15.9 Å². The molecule has 0 heterocycles. The van der Waals surface area contributed by atoms with Gasteiger partial charge in [0.25, 0.3) is 0 Å². The summed E-state index contributed by atoms with van der Waals surface area (Å²) in [6.07, 6.45) is 3.68. The Morgan fingerprint density at radius 2 is 2.33 bits per heavy atom. The third kappa shape index (κ3) is 4.88. The van der Waals surface area contributed by atoms with Crippen LogP contribution in [0.2, 0.25) is 0 Å². The van der Waals surface area contributed by atoms with E-state index in [0.717, 1.165) is 4.48 Å². The molecule has 1 atom stereocenters. The third-order valence-corrected chi connectivity index (χ3v) is 1.99.